The van der Waals surface area contributed by atoms with Gasteiger partial charge in [0, 0.05) is 15.0 Å². The molecule has 1 atom stereocenters. The van der Waals surface area contributed by atoms with Crippen LogP contribution in [0.1, 0.15) is 26.3 Å². The van der Waals surface area contributed by atoms with Gasteiger partial charge in [0.15, 0.2) is 0 Å². The van der Waals surface area contributed by atoms with E-state index in [1.54, 1.807) is 0 Å². The molecule has 15 heavy (non-hydrogen) atoms. The predicted molar refractivity (Wildman–Crippen MR) is 74.5 cm³/mol. The molecule has 0 bridgehead atoms. The van der Waals surface area contributed by atoms with Crippen molar-refractivity contribution in [3.05, 3.63) is 26.6 Å². The molecule has 1 N–H and O–H groups in total. The van der Waals surface area contributed by atoms with Gasteiger partial charge in [-0.1, -0.05) is 13.8 Å². The Kier molecular flexibility index (Phi) is 4.65. The number of anilines is 1. The van der Waals surface area contributed by atoms with Gasteiger partial charge in [-0.3, -0.25) is 0 Å². The molecule has 1 unspecified atom stereocenters. The van der Waals surface area contributed by atoms with E-state index >= 15 is 0 Å². The van der Waals surface area contributed by atoms with Crippen molar-refractivity contribution in [3.8, 4) is 0 Å². The lowest BCUT2D eigenvalue weighted by Crippen LogP contribution is -2.21. The van der Waals surface area contributed by atoms with Crippen molar-refractivity contribution in [2.45, 2.75) is 33.7 Å². The highest BCUT2D eigenvalue weighted by Gasteiger charge is 2.11. The van der Waals surface area contributed by atoms with E-state index in [4.69, 9.17) is 0 Å². The quantitative estimate of drug-likeness (QED) is 0.822. The number of hydrogen-bond donors (Lipinski definition) is 1. The Morgan fingerprint density at radius 2 is 1.53 bits per heavy atom. The molecule has 3 heteroatoms. The van der Waals surface area contributed by atoms with Crippen molar-refractivity contribution < 1.29 is 0 Å². The van der Waals surface area contributed by atoms with Crippen LogP contribution >= 0.6 is 31.9 Å². The molecule has 0 saturated carbocycles. The second-order valence-electron chi connectivity index (χ2n) is 4.28. The van der Waals surface area contributed by atoms with Crippen molar-refractivity contribution in [1.82, 2.24) is 0 Å². The van der Waals surface area contributed by atoms with Crippen LogP contribution in [0.2, 0.25) is 0 Å². The first-order chi connectivity index (χ1) is 6.91. The summed E-state index contributed by atoms with van der Waals surface area (Å²) in [5.74, 6) is 0.616. The Hall–Kier alpha value is -0.0200. The molecule has 0 amide bonds. The molecule has 1 aromatic rings. The number of nitrogens with one attached hydrogen (secondary N) is 1. The zero-order valence-electron chi connectivity index (χ0n) is 9.57. The summed E-state index contributed by atoms with van der Waals surface area (Å²) >= 11 is 7.17. The molecule has 0 spiro atoms. The van der Waals surface area contributed by atoms with Gasteiger partial charge >= 0.3 is 0 Å². The van der Waals surface area contributed by atoms with Crippen molar-refractivity contribution in [2.75, 3.05) is 5.32 Å². The minimum atomic E-state index is 0.459. The maximum atomic E-state index is 3.58. The first kappa shape index (κ1) is 13.0. The van der Waals surface area contributed by atoms with Crippen molar-refractivity contribution in [1.29, 1.82) is 0 Å². The van der Waals surface area contributed by atoms with Gasteiger partial charge in [-0.25, -0.2) is 0 Å². The molecular weight excluding hydrogens is 318 g/mol. The van der Waals surface area contributed by atoms with Crippen LogP contribution in [0.3, 0.4) is 0 Å². The number of hydrogen-bond acceptors (Lipinski definition) is 1. The van der Waals surface area contributed by atoms with Crippen LogP contribution in [0.4, 0.5) is 5.69 Å². The van der Waals surface area contributed by atoms with Crippen LogP contribution in [-0.2, 0) is 0 Å². The SMILES string of the molecule is Cc1cc(Br)c(NC(C)C(C)C)c(Br)c1. The molecule has 1 nitrogen and oxygen atoms in total. The van der Waals surface area contributed by atoms with Crippen molar-refractivity contribution in [3.63, 3.8) is 0 Å². The summed E-state index contributed by atoms with van der Waals surface area (Å²) in [5, 5.41) is 3.51. The third-order valence-corrected chi connectivity index (χ3v) is 3.81. The molecule has 1 rings (SSSR count). The lowest BCUT2D eigenvalue weighted by Gasteiger charge is -2.21. The summed E-state index contributed by atoms with van der Waals surface area (Å²) in [6.07, 6.45) is 0. The molecule has 0 fully saturated rings. The van der Waals surface area contributed by atoms with Gasteiger partial charge in [-0.15, -0.1) is 0 Å². The second-order valence-corrected chi connectivity index (χ2v) is 5.99. The average molecular weight is 335 g/mol. The molecule has 0 radical (unpaired) electrons. The van der Waals surface area contributed by atoms with Gasteiger partial charge in [0.25, 0.3) is 0 Å². The summed E-state index contributed by atoms with van der Waals surface area (Å²) in [4.78, 5) is 0. The summed E-state index contributed by atoms with van der Waals surface area (Å²) in [5.41, 5.74) is 2.39. The van der Waals surface area contributed by atoms with Crippen LogP contribution in [0.15, 0.2) is 21.1 Å². The molecule has 0 aliphatic rings. The fraction of sp³-hybridized carbons (Fsp3) is 0.500. The van der Waals surface area contributed by atoms with Crippen LogP contribution in [0, 0.1) is 12.8 Å². The first-order valence-corrected chi connectivity index (χ1v) is 6.72. The van der Waals surface area contributed by atoms with E-state index in [-0.39, 0.29) is 0 Å². The van der Waals surface area contributed by atoms with E-state index in [0.29, 0.717) is 12.0 Å². The number of aryl methyl sites for hydroxylation is 1. The van der Waals surface area contributed by atoms with Crippen molar-refractivity contribution in [2.24, 2.45) is 5.92 Å². The molecule has 84 valence electrons. The highest BCUT2D eigenvalue weighted by atomic mass is 79.9. The molecule has 0 heterocycles. The molecule has 0 saturated heterocycles. The second kappa shape index (κ2) is 5.35. The highest BCUT2D eigenvalue weighted by Crippen LogP contribution is 2.33. The van der Waals surface area contributed by atoms with E-state index in [0.717, 1.165) is 14.6 Å². The summed E-state index contributed by atoms with van der Waals surface area (Å²) < 4.78 is 2.23. The maximum Gasteiger partial charge on any atom is 0.0631 e. The highest BCUT2D eigenvalue weighted by molar-refractivity contribution is 9.11. The largest absolute Gasteiger partial charge is 0.381 e. The normalized spacial score (nSPS) is 13.0. The fourth-order valence-corrected chi connectivity index (χ4v) is 2.88. The molecule has 0 aliphatic heterocycles. The van der Waals surface area contributed by atoms with E-state index in [9.17, 15) is 0 Å². The Labute approximate surface area is 109 Å². The Bertz CT molecular complexity index is 324. The van der Waals surface area contributed by atoms with Crippen LogP contribution in [0.5, 0.6) is 0 Å². The minimum absolute atomic E-state index is 0.459. The number of halogens is 2. The molecular formula is C12H17Br2N. The summed E-state index contributed by atoms with van der Waals surface area (Å²) in [7, 11) is 0. The lowest BCUT2D eigenvalue weighted by atomic mass is 10.1. The standard InChI is InChI=1S/C12H17Br2N/c1-7(2)9(4)15-12-10(13)5-8(3)6-11(12)14/h5-7,9,15H,1-4H3. The van der Waals surface area contributed by atoms with Gasteiger partial charge < -0.3 is 5.32 Å². The minimum Gasteiger partial charge on any atom is -0.381 e. The van der Waals surface area contributed by atoms with Gasteiger partial charge in [-0.05, 0) is 69.3 Å². The summed E-state index contributed by atoms with van der Waals surface area (Å²) in [6, 6.07) is 4.71. The van der Waals surface area contributed by atoms with Gasteiger partial charge in [-0.2, -0.15) is 0 Å². The third kappa shape index (κ3) is 3.49. The van der Waals surface area contributed by atoms with E-state index < -0.39 is 0 Å². The Morgan fingerprint density at radius 3 is 1.93 bits per heavy atom. The first-order valence-electron chi connectivity index (χ1n) is 5.14. The number of benzene rings is 1. The van der Waals surface area contributed by atoms with Gasteiger partial charge in [0.2, 0.25) is 0 Å². The van der Waals surface area contributed by atoms with Crippen LogP contribution in [0.25, 0.3) is 0 Å². The van der Waals surface area contributed by atoms with Crippen LogP contribution < -0.4 is 5.32 Å². The Morgan fingerprint density at radius 1 is 1.07 bits per heavy atom. The van der Waals surface area contributed by atoms with E-state index in [1.165, 1.54) is 5.56 Å². The monoisotopic (exact) mass is 333 g/mol. The lowest BCUT2D eigenvalue weighted by molar-refractivity contribution is 0.559. The van der Waals surface area contributed by atoms with E-state index in [1.807, 2.05) is 0 Å². The molecule has 1 aromatic carbocycles. The van der Waals surface area contributed by atoms with Crippen LogP contribution in [-0.4, -0.2) is 6.04 Å². The Balaban J connectivity index is 2.95. The topological polar surface area (TPSA) is 12.0 Å². The molecule has 0 aliphatic carbocycles. The van der Waals surface area contributed by atoms with Crippen molar-refractivity contribution >= 4 is 37.5 Å². The number of rotatable bonds is 3. The zero-order chi connectivity index (χ0) is 11.6. The van der Waals surface area contributed by atoms with Gasteiger partial charge in [0.05, 0.1) is 5.69 Å². The fourth-order valence-electron chi connectivity index (χ4n) is 1.23. The van der Waals surface area contributed by atoms with E-state index in [2.05, 4.69) is 77.0 Å². The zero-order valence-corrected chi connectivity index (χ0v) is 12.7. The predicted octanol–water partition coefficient (Wildman–Crippen LogP) is 4.98. The van der Waals surface area contributed by atoms with Gasteiger partial charge in [0.1, 0.15) is 0 Å². The smallest absolute Gasteiger partial charge is 0.0631 e. The average Bonchev–Trinajstić information content (AvgIpc) is 2.10. The molecule has 0 aromatic heterocycles. The summed E-state index contributed by atoms with van der Waals surface area (Å²) in [6.45, 7) is 8.72. The maximum absolute atomic E-state index is 3.58. The third-order valence-electron chi connectivity index (χ3n) is 2.56.